The van der Waals surface area contributed by atoms with Crippen LogP contribution in [0.5, 0.6) is 5.75 Å². The molecule has 2 N–H and O–H groups in total. The minimum absolute atomic E-state index is 0.0938. The van der Waals surface area contributed by atoms with E-state index < -0.39 is 10.0 Å². The summed E-state index contributed by atoms with van der Waals surface area (Å²) in [7, 11) is -2.17. The Morgan fingerprint density at radius 1 is 1.42 bits per heavy atom. The summed E-state index contributed by atoms with van der Waals surface area (Å²) in [6.45, 7) is 0.242. The Morgan fingerprint density at radius 2 is 2.16 bits per heavy atom. The second-order valence-corrected chi connectivity index (χ2v) is 6.61. The summed E-state index contributed by atoms with van der Waals surface area (Å²) in [4.78, 5) is 0.0938. The maximum Gasteiger partial charge on any atom is 0.244 e. The molecule has 1 aromatic rings. The SMILES string of the molecule is COc1cc(CO)ccc1S(=O)(=O)NCCCSC. The van der Waals surface area contributed by atoms with Crippen LogP contribution in [0.25, 0.3) is 0 Å². The van der Waals surface area contributed by atoms with Gasteiger partial charge in [-0.15, -0.1) is 0 Å². The number of benzene rings is 1. The second kappa shape index (κ2) is 7.74. The van der Waals surface area contributed by atoms with Crippen LogP contribution in [0.4, 0.5) is 0 Å². The van der Waals surface area contributed by atoms with Gasteiger partial charge in [0.25, 0.3) is 0 Å². The van der Waals surface area contributed by atoms with Crippen molar-refractivity contribution in [3.8, 4) is 5.75 Å². The first-order chi connectivity index (χ1) is 9.05. The van der Waals surface area contributed by atoms with Crippen molar-refractivity contribution in [3.63, 3.8) is 0 Å². The van der Waals surface area contributed by atoms with Crippen molar-refractivity contribution < 1.29 is 18.3 Å². The molecule has 0 atom stereocenters. The van der Waals surface area contributed by atoms with Gasteiger partial charge >= 0.3 is 0 Å². The summed E-state index contributed by atoms with van der Waals surface area (Å²) in [6, 6.07) is 4.54. The standard InChI is InChI=1S/C12H19NO4S2/c1-17-11-8-10(9-14)4-5-12(11)19(15,16)13-6-3-7-18-2/h4-5,8,13-14H,3,6-7,9H2,1-2H3. The van der Waals surface area contributed by atoms with Gasteiger partial charge in [-0.3, -0.25) is 0 Å². The maximum absolute atomic E-state index is 12.1. The molecular weight excluding hydrogens is 286 g/mol. The van der Waals surface area contributed by atoms with E-state index in [0.717, 1.165) is 12.2 Å². The average molecular weight is 305 g/mol. The molecule has 0 spiro atoms. The fourth-order valence-corrected chi connectivity index (χ4v) is 3.19. The molecule has 0 aliphatic heterocycles. The van der Waals surface area contributed by atoms with E-state index in [2.05, 4.69) is 4.72 Å². The van der Waals surface area contributed by atoms with Crippen LogP contribution in [0.15, 0.2) is 23.1 Å². The van der Waals surface area contributed by atoms with Crippen molar-refractivity contribution in [1.29, 1.82) is 0 Å². The number of nitrogens with one attached hydrogen (secondary N) is 1. The lowest BCUT2D eigenvalue weighted by atomic mass is 10.2. The Kier molecular flexibility index (Phi) is 6.64. The van der Waals surface area contributed by atoms with E-state index in [4.69, 9.17) is 9.84 Å². The molecule has 0 aliphatic rings. The molecular formula is C12H19NO4S2. The zero-order chi connectivity index (χ0) is 14.3. The molecule has 1 rings (SSSR count). The van der Waals surface area contributed by atoms with Crippen molar-refractivity contribution in [2.75, 3.05) is 25.7 Å². The lowest BCUT2D eigenvalue weighted by Crippen LogP contribution is -2.25. The van der Waals surface area contributed by atoms with Gasteiger partial charge in [0.2, 0.25) is 10.0 Å². The van der Waals surface area contributed by atoms with Crippen molar-refractivity contribution in [2.45, 2.75) is 17.9 Å². The van der Waals surface area contributed by atoms with Crippen LogP contribution >= 0.6 is 11.8 Å². The van der Waals surface area contributed by atoms with E-state index >= 15 is 0 Å². The Bertz CT molecular complexity index is 502. The average Bonchev–Trinajstić information content (AvgIpc) is 2.42. The highest BCUT2D eigenvalue weighted by molar-refractivity contribution is 7.98. The summed E-state index contributed by atoms with van der Waals surface area (Å²) in [5, 5.41) is 9.03. The molecule has 0 aliphatic carbocycles. The molecule has 0 saturated carbocycles. The molecule has 0 unspecified atom stereocenters. The number of hydrogen-bond donors (Lipinski definition) is 2. The van der Waals surface area contributed by atoms with E-state index in [1.54, 1.807) is 17.8 Å². The third-order valence-corrected chi connectivity index (χ3v) is 4.71. The summed E-state index contributed by atoms with van der Waals surface area (Å²) in [5.41, 5.74) is 0.609. The highest BCUT2D eigenvalue weighted by Crippen LogP contribution is 2.24. The summed E-state index contributed by atoms with van der Waals surface area (Å²) >= 11 is 1.67. The second-order valence-electron chi connectivity index (χ2n) is 3.89. The first kappa shape index (κ1) is 16.3. The molecule has 1 aromatic carbocycles. The molecule has 0 saturated heterocycles. The van der Waals surface area contributed by atoms with E-state index in [1.165, 1.54) is 19.2 Å². The molecule has 0 aromatic heterocycles. The Morgan fingerprint density at radius 3 is 2.74 bits per heavy atom. The van der Waals surface area contributed by atoms with Gasteiger partial charge in [0.05, 0.1) is 13.7 Å². The highest BCUT2D eigenvalue weighted by atomic mass is 32.2. The van der Waals surface area contributed by atoms with Gasteiger partial charge in [-0.1, -0.05) is 6.07 Å². The minimum atomic E-state index is -3.57. The number of aliphatic hydroxyl groups excluding tert-OH is 1. The zero-order valence-electron chi connectivity index (χ0n) is 11.0. The third kappa shape index (κ3) is 4.68. The van der Waals surface area contributed by atoms with Crippen LogP contribution in [0.2, 0.25) is 0 Å². The van der Waals surface area contributed by atoms with E-state index in [1.807, 2.05) is 6.26 Å². The maximum atomic E-state index is 12.1. The van der Waals surface area contributed by atoms with Crippen LogP contribution < -0.4 is 9.46 Å². The quantitative estimate of drug-likeness (QED) is 0.706. The summed E-state index contributed by atoms with van der Waals surface area (Å²) in [5.74, 6) is 1.15. The summed E-state index contributed by atoms with van der Waals surface area (Å²) in [6.07, 6.45) is 2.75. The van der Waals surface area contributed by atoms with E-state index in [-0.39, 0.29) is 17.3 Å². The van der Waals surface area contributed by atoms with Crippen LogP contribution in [-0.4, -0.2) is 39.2 Å². The number of thioether (sulfide) groups is 1. The number of hydrogen-bond acceptors (Lipinski definition) is 5. The van der Waals surface area contributed by atoms with Gasteiger partial charge in [-0.05, 0) is 36.1 Å². The predicted octanol–water partition coefficient (Wildman–Crippen LogP) is 1.22. The largest absolute Gasteiger partial charge is 0.495 e. The first-order valence-corrected chi connectivity index (χ1v) is 8.69. The van der Waals surface area contributed by atoms with Gasteiger partial charge in [-0.2, -0.15) is 11.8 Å². The van der Waals surface area contributed by atoms with Crippen molar-refractivity contribution in [2.24, 2.45) is 0 Å². The Balaban J connectivity index is 2.88. The Hall–Kier alpha value is -0.760. The van der Waals surface area contributed by atoms with Crippen molar-refractivity contribution in [1.82, 2.24) is 4.72 Å². The van der Waals surface area contributed by atoms with Gasteiger partial charge in [0.1, 0.15) is 10.6 Å². The van der Waals surface area contributed by atoms with Crippen molar-refractivity contribution in [3.05, 3.63) is 23.8 Å². The van der Waals surface area contributed by atoms with E-state index in [9.17, 15) is 8.42 Å². The van der Waals surface area contributed by atoms with Crippen LogP contribution in [0.1, 0.15) is 12.0 Å². The van der Waals surface area contributed by atoms with Crippen molar-refractivity contribution >= 4 is 21.8 Å². The molecule has 5 nitrogen and oxygen atoms in total. The molecule has 7 heteroatoms. The molecule has 0 fully saturated rings. The number of methoxy groups -OCH3 is 1. The monoisotopic (exact) mass is 305 g/mol. The van der Waals surface area contributed by atoms with Gasteiger partial charge in [0.15, 0.2) is 0 Å². The molecule has 0 heterocycles. The molecule has 19 heavy (non-hydrogen) atoms. The lowest BCUT2D eigenvalue weighted by Gasteiger charge is -2.11. The number of aliphatic hydroxyl groups is 1. The van der Waals surface area contributed by atoms with Gasteiger partial charge in [0, 0.05) is 6.54 Å². The fraction of sp³-hybridized carbons (Fsp3) is 0.500. The van der Waals surface area contributed by atoms with E-state index in [0.29, 0.717) is 12.1 Å². The van der Waals surface area contributed by atoms with Crippen LogP contribution in [0, 0.1) is 0 Å². The predicted molar refractivity (Wildman–Crippen MR) is 77.1 cm³/mol. The smallest absolute Gasteiger partial charge is 0.244 e. The van der Waals surface area contributed by atoms with Gasteiger partial charge in [-0.25, -0.2) is 13.1 Å². The van der Waals surface area contributed by atoms with Crippen LogP contribution in [-0.2, 0) is 16.6 Å². The molecule has 108 valence electrons. The van der Waals surface area contributed by atoms with Gasteiger partial charge < -0.3 is 9.84 Å². The summed E-state index contributed by atoms with van der Waals surface area (Å²) < 4.78 is 31.8. The van der Waals surface area contributed by atoms with Crippen LogP contribution in [0.3, 0.4) is 0 Å². The molecule has 0 amide bonds. The molecule has 0 bridgehead atoms. The normalized spacial score (nSPS) is 11.5. The topological polar surface area (TPSA) is 75.6 Å². The molecule has 0 radical (unpaired) electrons. The zero-order valence-corrected chi connectivity index (χ0v) is 12.7. The number of ether oxygens (including phenoxy) is 1. The lowest BCUT2D eigenvalue weighted by molar-refractivity contribution is 0.280. The third-order valence-electron chi connectivity index (χ3n) is 2.52. The Labute approximate surface area is 118 Å². The minimum Gasteiger partial charge on any atom is -0.495 e. The highest BCUT2D eigenvalue weighted by Gasteiger charge is 2.19. The number of sulfonamides is 1. The fourth-order valence-electron chi connectivity index (χ4n) is 1.53. The number of rotatable bonds is 8. The first-order valence-electron chi connectivity index (χ1n) is 5.81.